The lowest BCUT2D eigenvalue weighted by Gasteiger charge is -2.28. The van der Waals surface area contributed by atoms with Gasteiger partial charge in [0, 0.05) is 35.7 Å². The summed E-state index contributed by atoms with van der Waals surface area (Å²) in [6.45, 7) is 7.98. The van der Waals surface area contributed by atoms with E-state index in [1.165, 1.54) is 15.4 Å². The van der Waals surface area contributed by atoms with E-state index in [2.05, 4.69) is 18.2 Å². The van der Waals surface area contributed by atoms with E-state index in [-0.39, 0.29) is 0 Å². The van der Waals surface area contributed by atoms with E-state index in [4.69, 9.17) is 13.3 Å². The maximum absolute atomic E-state index is 5.90. The second-order valence-corrected chi connectivity index (χ2v) is 9.75. The Labute approximate surface area is 136 Å². The van der Waals surface area contributed by atoms with Crippen LogP contribution >= 0.6 is 21.6 Å². The van der Waals surface area contributed by atoms with Crippen molar-refractivity contribution in [3.8, 4) is 0 Å². The van der Waals surface area contributed by atoms with Gasteiger partial charge in [0.05, 0.1) is 0 Å². The lowest BCUT2D eigenvalue weighted by molar-refractivity contribution is 0.0708. The van der Waals surface area contributed by atoms with Gasteiger partial charge in [0.2, 0.25) is 0 Å². The fraction of sp³-hybridized carbons (Fsp3) is 0.600. The smallest absolute Gasteiger partial charge is 0.374 e. The third kappa shape index (κ3) is 4.74. The molecule has 0 spiro atoms. The Bertz CT molecular complexity index is 440. The van der Waals surface area contributed by atoms with Gasteiger partial charge in [0.1, 0.15) is 0 Å². The number of rotatable bonds is 10. The SMILES string of the molecule is CCO[Si](CCCc1ccc2cc1SS2)(OCC)OCC. The number of benzene rings is 1. The van der Waals surface area contributed by atoms with Crippen LogP contribution in [0.2, 0.25) is 6.04 Å². The van der Waals surface area contributed by atoms with Crippen LogP contribution in [0.15, 0.2) is 28.0 Å². The first-order valence-electron chi connectivity index (χ1n) is 7.62. The van der Waals surface area contributed by atoms with E-state index in [0.29, 0.717) is 19.8 Å². The van der Waals surface area contributed by atoms with Gasteiger partial charge in [-0.1, -0.05) is 27.7 Å². The zero-order valence-electron chi connectivity index (χ0n) is 13.0. The largest absolute Gasteiger partial charge is 0.500 e. The molecule has 1 aromatic rings. The summed E-state index contributed by atoms with van der Waals surface area (Å²) in [6.07, 6.45) is 2.11. The minimum absolute atomic E-state index is 0.651. The molecule has 2 rings (SSSR count). The summed E-state index contributed by atoms with van der Waals surface area (Å²) in [6, 6.07) is 7.63. The molecule has 6 heteroatoms. The quantitative estimate of drug-likeness (QED) is 0.450. The Balaban J connectivity index is 1.92. The predicted octanol–water partition coefficient (Wildman–Crippen LogP) is 4.78. The van der Waals surface area contributed by atoms with Gasteiger partial charge in [-0.25, -0.2) is 0 Å². The highest BCUT2D eigenvalue weighted by atomic mass is 33.1. The molecule has 0 atom stereocenters. The molecule has 0 aromatic heterocycles. The van der Waals surface area contributed by atoms with Crippen molar-refractivity contribution in [3.63, 3.8) is 0 Å². The number of hydrogen-bond donors (Lipinski definition) is 0. The molecule has 1 heterocycles. The van der Waals surface area contributed by atoms with E-state index >= 15 is 0 Å². The zero-order valence-corrected chi connectivity index (χ0v) is 15.6. The van der Waals surface area contributed by atoms with Gasteiger partial charge in [0.25, 0.3) is 0 Å². The van der Waals surface area contributed by atoms with Crippen LogP contribution in [0.1, 0.15) is 32.8 Å². The Morgan fingerprint density at radius 2 is 1.62 bits per heavy atom. The Morgan fingerprint density at radius 3 is 2.24 bits per heavy atom. The molecule has 0 N–H and O–H groups in total. The molecule has 2 bridgehead atoms. The predicted molar refractivity (Wildman–Crippen MR) is 91.9 cm³/mol. The zero-order chi connectivity index (χ0) is 15.1. The summed E-state index contributed by atoms with van der Waals surface area (Å²) in [7, 11) is 1.24. The average molecular weight is 345 g/mol. The van der Waals surface area contributed by atoms with Crippen LogP contribution in [-0.4, -0.2) is 28.6 Å². The Hall–Kier alpha value is 0.0169. The highest BCUT2D eigenvalue weighted by Crippen LogP contribution is 2.47. The van der Waals surface area contributed by atoms with Gasteiger partial charge >= 0.3 is 8.80 Å². The van der Waals surface area contributed by atoms with Gasteiger partial charge in [-0.3, -0.25) is 0 Å². The van der Waals surface area contributed by atoms with Crippen LogP contribution < -0.4 is 0 Å². The second kappa shape index (κ2) is 8.60. The molecule has 21 heavy (non-hydrogen) atoms. The van der Waals surface area contributed by atoms with E-state index < -0.39 is 8.80 Å². The van der Waals surface area contributed by atoms with Gasteiger partial charge in [-0.05, 0) is 51.3 Å². The van der Waals surface area contributed by atoms with Gasteiger partial charge < -0.3 is 13.3 Å². The third-order valence-corrected chi connectivity index (χ3v) is 8.89. The standard InChI is InChI=1S/C15H24O3S2Si/c1-4-16-21(17-5-2,18-6-3)11-7-8-13-9-10-14-12-15(13)20-19-14/h9-10,12H,4-8,11H2,1-3H3. The van der Waals surface area contributed by atoms with E-state index in [9.17, 15) is 0 Å². The second-order valence-electron chi connectivity index (χ2n) is 4.77. The summed E-state index contributed by atoms with van der Waals surface area (Å²) in [5.41, 5.74) is 1.43. The number of fused-ring (bicyclic) bond motifs is 2. The van der Waals surface area contributed by atoms with Crippen molar-refractivity contribution in [3.05, 3.63) is 23.8 Å². The van der Waals surface area contributed by atoms with Crippen molar-refractivity contribution in [2.24, 2.45) is 0 Å². The number of aryl methyl sites for hydroxylation is 1. The van der Waals surface area contributed by atoms with Crippen LogP contribution in [0.5, 0.6) is 0 Å². The molecule has 0 fully saturated rings. The number of hydrogen-bond acceptors (Lipinski definition) is 5. The van der Waals surface area contributed by atoms with E-state index in [1.54, 1.807) is 0 Å². The van der Waals surface area contributed by atoms with Crippen molar-refractivity contribution in [2.45, 2.75) is 49.4 Å². The monoisotopic (exact) mass is 344 g/mol. The van der Waals surface area contributed by atoms with E-state index in [1.807, 2.05) is 42.4 Å². The first kappa shape index (κ1) is 17.4. The van der Waals surface area contributed by atoms with Crippen LogP contribution in [0.25, 0.3) is 0 Å². The molecule has 1 aromatic carbocycles. The first-order chi connectivity index (χ1) is 10.2. The molecule has 1 aliphatic rings. The van der Waals surface area contributed by atoms with Crippen molar-refractivity contribution in [2.75, 3.05) is 19.8 Å². The molecule has 0 amide bonds. The maximum Gasteiger partial charge on any atom is 0.500 e. The molecule has 0 unspecified atom stereocenters. The third-order valence-electron chi connectivity index (χ3n) is 3.29. The fourth-order valence-electron chi connectivity index (χ4n) is 2.46. The Morgan fingerprint density at radius 1 is 0.952 bits per heavy atom. The molecule has 118 valence electrons. The van der Waals surface area contributed by atoms with Crippen LogP contribution in [-0.2, 0) is 19.7 Å². The van der Waals surface area contributed by atoms with Crippen molar-refractivity contribution >= 4 is 30.4 Å². The maximum atomic E-state index is 5.90. The topological polar surface area (TPSA) is 27.7 Å². The van der Waals surface area contributed by atoms with Gasteiger partial charge in [-0.2, -0.15) is 0 Å². The molecule has 0 aliphatic carbocycles. The molecule has 0 radical (unpaired) electrons. The average Bonchev–Trinajstić information content (AvgIpc) is 2.85. The summed E-state index contributed by atoms with van der Waals surface area (Å²) in [5.74, 6) is 0. The van der Waals surface area contributed by atoms with Gasteiger partial charge in [0.15, 0.2) is 0 Å². The fourth-order valence-corrected chi connectivity index (χ4v) is 7.41. The highest BCUT2D eigenvalue weighted by Gasteiger charge is 2.39. The molecular formula is C15H24O3S2Si. The van der Waals surface area contributed by atoms with Crippen LogP contribution in [0.3, 0.4) is 0 Å². The minimum Gasteiger partial charge on any atom is -0.374 e. The summed E-state index contributed by atoms with van der Waals surface area (Å²) < 4.78 is 17.7. The van der Waals surface area contributed by atoms with E-state index in [0.717, 1.165) is 18.9 Å². The molecule has 3 nitrogen and oxygen atoms in total. The lowest BCUT2D eigenvalue weighted by Crippen LogP contribution is -2.46. The minimum atomic E-state index is -2.48. The highest BCUT2D eigenvalue weighted by molar-refractivity contribution is 8.77. The molecule has 1 aliphatic heterocycles. The summed E-state index contributed by atoms with van der Waals surface area (Å²) in [4.78, 5) is 2.77. The molecule has 0 saturated carbocycles. The van der Waals surface area contributed by atoms with Crippen molar-refractivity contribution < 1.29 is 13.3 Å². The van der Waals surface area contributed by atoms with Crippen LogP contribution in [0, 0.1) is 0 Å². The molecular weight excluding hydrogens is 320 g/mol. The summed E-state index contributed by atoms with van der Waals surface area (Å²) >= 11 is 0. The molecule has 0 saturated heterocycles. The van der Waals surface area contributed by atoms with Crippen molar-refractivity contribution in [1.29, 1.82) is 0 Å². The van der Waals surface area contributed by atoms with Gasteiger partial charge in [-0.15, -0.1) is 0 Å². The first-order valence-corrected chi connectivity index (χ1v) is 11.7. The van der Waals surface area contributed by atoms with Crippen LogP contribution in [0.4, 0.5) is 0 Å². The lowest BCUT2D eigenvalue weighted by atomic mass is 10.1. The normalized spacial score (nSPS) is 13.9. The Kier molecular flexibility index (Phi) is 7.11. The van der Waals surface area contributed by atoms with Crippen molar-refractivity contribution in [1.82, 2.24) is 0 Å². The summed E-state index contributed by atoms with van der Waals surface area (Å²) in [5, 5.41) is 0.